The van der Waals surface area contributed by atoms with Crippen molar-refractivity contribution in [3.05, 3.63) is 64.7 Å². The molecule has 0 saturated carbocycles. The van der Waals surface area contributed by atoms with Gasteiger partial charge in [-0.1, -0.05) is 35.9 Å². The summed E-state index contributed by atoms with van der Waals surface area (Å²) in [7, 11) is 0. The number of hydrogen-bond donors (Lipinski definition) is 1. The molecule has 116 valence electrons. The molecule has 3 heteroatoms. The molecule has 0 saturated heterocycles. The Bertz CT molecular complexity index is 647. The summed E-state index contributed by atoms with van der Waals surface area (Å²) in [6.07, 6.45) is -0.521. The van der Waals surface area contributed by atoms with Crippen LogP contribution in [0, 0.1) is 20.8 Å². The molecular formula is C19H23NO2. The lowest BCUT2D eigenvalue weighted by atomic mass is 10.1. The summed E-state index contributed by atoms with van der Waals surface area (Å²) < 4.78 is 5.71. The summed E-state index contributed by atoms with van der Waals surface area (Å²) in [5, 5.41) is 2.90. The predicted molar refractivity (Wildman–Crippen MR) is 89.0 cm³/mol. The Morgan fingerprint density at radius 3 is 2.36 bits per heavy atom. The van der Waals surface area contributed by atoms with E-state index in [1.807, 2.05) is 56.3 Å². The van der Waals surface area contributed by atoms with Crippen LogP contribution in [0.15, 0.2) is 42.5 Å². The Morgan fingerprint density at radius 2 is 1.73 bits per heavy atom. The van der Waals surface area contributed by atoms with Crippen molar-refractivity contribution in [3.8, 4) is 5.75 Å². The molecule has 0 unspecified atom stereocenters. The van der Waals surface area contributed by atoms with Gasteiger partial charge in [0, 0.05) is 6.54 Å². The summed E-state index contributed by atoms with van der Waals surface area (Å²) in [6.45, 7) is 8.41. The Hall–Kier alpha value is -2.29. The first-order valence-electron chi connectivity index (χ1n) is 7.53. The van der Waals surface area contributed by atoms with Gasteiger partial charge in [0.1, 0.15) is 5.75 Å². The normalized spacial score (nSPS) is 11.8. The minimum absolute atomic E-state index is 0.112. The van der Waals surface area contributed by atoms with E-state index in [2.05, 4.69) is 12.2 Å². The maximum Gasteiger partial charge on any atom is 0.261 e. The summed E-state index contributed by atoms with van der Waals surface area (Å²) in [5.74, 6) is 0.611. The van der Waals surface area contributed by atoms with Gasteiger partial charge < -0.3 is 10.1 Å². The van der Waals surface area contributed by atoms with E-state index in [-0.39, 0.29) is 5.91 Å². The van der Waals surface area contributed by atoms with Crippen molar-refractivity contribution in [1.82, 2.24) is 5.32 Å². The van der Waals surface area contributed by atoms with Crippen molar-refractivity contribution >= 4 is 5.91 Å². The van der Waals surface area contributed by atoms with Crippen LogP contribution in [-0.2, 0) is 11.3 Å². The number of rotatable bonds is 5. The van der Waals surface area contributed by atoms with Gasteiger partial charge in [-0.15, -0.1) is 0 Å². The molecule has 0 aromatic heterocycles. The molecule has 3 nitrogen and oxygen atoms in total. The third-order valence-corrected chi connectivity index (χ3v) is 3.75. The molecule has 0 radical (unpaired) electrons. The topological polar surface area (TPSA) is 38.3 Å². The van der Waals surface area contributed by atoms with Gasteiger partial charge in [0.15, 0.2) is 6.10 Å². The fraction of sp³-hybridized carbons (Fsp3) is 0.316. The molecule has 2 aromatic carbocycles. The van der Waals surface area contributed by atoms with Crippen LogP contribution in [0.2, 0.25) is 0 Å². The van der Waals surface area contributed by atoms with Crippen LogP contribution in [0.4, 0.5) is 0 Å². The van der Waals surface area contributed by atoms with Crippen LogP contribution < -0.4 is 10.1 Å². The van der Waals surface area contributed by atoms with Crippen molar-refractivity contribution in [3.63, 3.8) is 0 Å². The molecule has 2 aromatic rings. The van der Waals surface area contributed by atoms with Gasteiger partial charge in [0.05, 0.1) is 0 Å². The standard InChI is InChI=1S/C19H23NO2/c1-13-5-8-17(9-6-13)12-20-19(21)16(4)22-18-10-7-14(2)15(3)11-18/h5-11,16H,12H2,1-4H3,(H,20,21)/t16-/m1/s1. The number of hydrogen-bond acceptors (Lipinski definition) is 2. The number of nitrogens with one attached hydrogen (secondary N) is 1. The number of benzene rings is 2. The third kappa shape index (κ3) is 4.35. The molecule has 22 heavy (non-hydrogen) atoms. The summed E-state index contributed by atoms with van der Waals surface area (Å²) >= 11 is 0. The number of ether oxygens (including phenoxy) is 1. The Labute approximate surface area is 132 Å². The lowest BCUT2D eigenvalue weighted by Gasteiger charge is -2.15. The average molecular weight is 297 g/mol. The molecule has 0 heterocycles. The molecule has 0 bridgehead atoms. The van der Waals surface area contributed by atoms with Crippen molar-refractivity contribution in [2.24, 2.45) is 0 Å². The first-order chi connectivity index (χ1) is 10.5. The second-order valence-corrected chi connectivity index (χ2v) is 5.71. The average Bonchev–Trinajstić information content (AvgIpc) is 2.50. The van der Waals surface area contributed by atoms with Crippen LogP contribution in [0.25, 0.3) is 0 Å². The minimum Gasteiger partial charge on any atom is -0.481 e. The first kappa shape index (κ1) is 16.1. The van der Waals surface area contributed by atoms with Crippen molar-refractivity contribution in [1.29, 1.82) is 0 Å². The van der Waals surface area contributed by atoms with Crippen LogP contribution in [0.1, 0.15) is 29.2 Å². The SMILES string of the molecule is Cc1ccc(CNC(=O)[C@@H](C)Oc2ccc(C)c(C)c2)cc1. The summed E-state index contributed by atoms with van der Waals surface area (Å²) in [5.41, 5.74) is 4.66. The Kier molecular flexibility index (Phi) is 5.21. The van der Waals surface area contributed by atoms with E-state index in [1.165, 1.54) is 11.1 Å². The fourth-order valence-electron chi connectivity index (χ4n) is 2.08. The molecule has 2 rings (SSSR count). The second-order valence-electron chi connectivity index (χ2n) is 5.71. The molecule has 0 spiro atoms. The second kappa shape index (κ2) is 7.12. The molecule has 0 aliphatic heterocycles. The molecule has 1 amide bonds. The van der Waals surface area contributed by atoms with E-state index in [1.54, 1.807) is 6.92 Å². The highest BCUT2D eigenvalue weighted by atomic mass is 16.5. The van der Waals surface area contributed by atoms with Gasteiger partial charge >= 0.3 is 0 Å². The Morgan fingerprint density at radius 1 is 1.05 bits per heavy atom. The zero-order chi connectivity index (χ0) is 16.1. The first-order valence-corrected chi connectivity index (χ1v) is 7.53. The number of carbonyl (C=O) groups is 1. The molecule has 1 N–H and O–H groups in total. The van der Waals surface area contributed by atoms with E-state index >= 15 is 0 Å². The number of carbonyl (C=O) groups excluding carboxylic acids is 1. The van der Waals surface area contributed by atoms with Gasteiger partial charge in [-0.3, -0.25) is 4.79 Å². The van der Waals surface area contributed by atoms with Crippen LogP contribution in [0.3, 0.4) is 0 Å². The zero-order valence-corrected chi connectivity index (χ0v) is 13.6. The maximum atomic E-state index is 12.1. The van der Waals surface area contributed by atoms with Crippen LogP contribution >= 0.6 is 0 Å². The quantitative estimate of drug-likeness (QED) is 0.914. The van der Waals surface area contributed by atoms with Gasteiger partial charge in [-0.2, -0.15) is 0 Å². The summed E-state index contributed by atoms with van der Waals surface area (Å²) in [4.78, 5) is 12.1. The van der Waals surface area contributed by atoms with Gasteiger partial charge in [0.25, 0.3) is 5.91 Å². The van der Waals surface area contributed by atoms with E-state index in [9.17, 15) is 4.79 Å². The lowest BCUT2D eigenvalue weighted by molar-refractivity contribution is -0.127. The highest BCUT2D eigenvalue weighted by Gasteiger charge is 2.14. The molecule has 0 aliphatic rings. The predicted octanol–water partition coefficient (Wildman–Crippen LogP) is 3.70. The monoisotopic (exact) mass is 297 g/mol. The third-order valence-electron chi connectivity index (χ3n) is 3.75. The van der Waals surface area contributed by atoms with Gasteiger partial charge in [0.2, 0.25) is 0 Å². The van der Waals surface area contributed by atoms with Crippen molar-refractivity contribution < 1.29 is 9.53 Å². The van der Waals surface area contributed by atoms with Crippen LogP contribution in [0.5, 0.6) is 5.75 Å². The lowest BCUT2D eigenvalue weighted by Crippen LogP contribution is -2.35. The summed E-state index contributed by atoms with van der Waals surface area (Å²) in [6, 6.07) is 14.0. The molecule has 1 atom stereocenters. The maximum absolute atomic E-state index is 12.1. The van der Waals surface area contributed by atoms with E-state index in [4.69, 9.17) is 4.74 Å². The van der Waals surface area contributed by atoms with E-state index < -0.39 is 6.10 Å². The van der Waals surface area contributed by atoms with Crippen molar-refractivity contribution in [2.45, 2.75) is 40.3 Å². The van der Waals surface area contributed by atoms with E-state index in [0.717, 1.165) is 16.9 Å². The van der Waals surface area contributed by atoms with Gasteiger partial charge in [-0.05, 0) is 56.5 Å². The molecule has 0 fully saturated rings. The Balaban J connectivity index is 1.88. The highest BCUT2D eigenvalue weighted by Crippen LogP contribution is 2.17. The van der Waals surface area contributed by atoms with Gasteiger partial charge in [-0.25, -0.2) is 0 Å². The van der Waals surface area contributed by atoms with E-state index in [0.29, 0.717) is 6.54 Å². The molecular weight excluding hydrogens is 274 g/mol. The van der Waals surface area contributed by atoms with Crippen LogP contribution in [-0.4, -0.2) is 12.0 Å². The number of amides is 1. The van der Waals surface area contributed by atoms with Crippen molar-refractivity contribution in [2.75, 3.05) is 0 Å². The largest absolute Gasteiger partial charge is 0.481 e. The smallest absolute Gasteiger partial charge is 0.261 e. The zero-order valence-electron chi connectivity index (χ0n) is 13.6. The fourth-order valence-corrected chi connectivity index (χ4v) is 2.08. The highest BCUT2D eigenvalue weighted by molar-refractivity contribution is 5.80. The number of aryl methyl sites for hydroxylation is 3. The minimum atomic E-state index is -0.521. The molecule has 0 aliphatic carbocycles.